The summed E-state index contributed by atoms with van der Waals surface area (Å²) in [6.07, 6.45) is 0. The fourth-order valence-electron chi connectivity index (χ4n) is 0.757. The zero-order valence-electron chi connectivity index (χ0n) is 7.57. The van der Waals surface area contributed by atoms with Crippen LogP contribution in [0.15, 0.2) is 10.6 Å². The lowest BCUT2D eigenvalue weighted by Gasteiger charge is -2.04. The molecular formula is C8H12N2O3. The van der Waals surface area contributed by atoms with Gasteiger partial charge in [-0.25, -0.2) is 0 Å². The molecule has 2 N–H and O–H groups in total. The maximum Gasteiger partial charge on any atom is 0.290 e. The molecule has 1 aromatic rings. The third kappa shape index (κ3) is 2.77. The van der Waals surface area contributed by atoms with Crippen molar-refractivity contribution in [1.82, 2.24) is 10.5 Å². The summed E-state index contributed by atoms with van der Waals surface area (Å²) in [5, 5.41) is 14.6. The lowest BCUT2D eigenvalue weighted by molar-refractivity contribution is 0.0912. The summed E-state index contributed by atoms with van der Waals surface area (Å²) < 4.78 is 4.55. The second-order valence-corrected chi connectivity index (χ2v) is 3.15. The van der Waals surface area contributed by atoms with Gasteiger partial charge in [-0.3, -0.25) is 4.79 Å². The first-order valence-electron chi connectivity index (χ1n) is 4.03. The Kier molecular flexibility index (Phi) is 2.89. The summed E-state index contributed by atoms with van der Waals surface area (Å²) >= 11 is 0. The molecule has 0 aliphatic rings. The van der Waals surface area contributed by atoms with Crippen LogP contribution in [-0.4, -0.2) is 22.7 Å². The van der Waals surface area contributed by atoms with Gasteiger partial charge in [0.05, 0.1) is 6.07 Å². The minimum Gasteiger partial charge on any atom is -0.491 e. The van der Waals surface area contributed by atoms with Crippen LogP contribution in [0.4, 0.5) is 0 Å². The van der Waals surface area contributed by atoms with E-state index in [0.717, 1.165) is 0 Å². The van der Waals surface area contributed by atoms with Gasteiger partial charge in [0, 0.05) is 6.54 Å². The van der Waals surface area contributed by atoms with Crippen LogP contribution >= 0.6 is 0 Å². The van der Waals surface area contributed by atoms with Crippen LogP contribution in [0.3, 0.4) is 0 Å². The van der Waals surface area contributed by atoms with Crippen molar-refractivity contribution in [1.29, 1.82) is 0 Å². The van der Waals surface area contributed by atoms with E-state index in [1.54, 1.807) is 0 Å². The number of carbonyl (C=O) groups is 1. The zero-order chi connectivity index (χ0) is 9.84. The largest absolute Gasteiger partial charge is 0.491 e. The van der Waals surface area contributed by atoms with Gasteiger partial charge in [0.15, 0.2) is 0 Å². The summed E-state index contributed by atoms with van der Waals surface area (Å²) in [6.45, 7) is 4.54. The molecule has 0 atom stereocenters. The van der Waals surface area contributed by atoms with Crippen LogP contribution < -0.4 is 5.32 Å². The van der Waals surface area contributed by atoms with E-state index in [2.05, 4.69) is 15.0 Å². The lowest BCUT2D eigenvalue weighted by atomic mass is 10.2. The van der Waals surface area contributed by atoms with E-state index in [-0.39, 0.29) is 17.5 Å². The molecule has 0 bridgehead atoms. The second-order valence-electron chi connectivity index (χ2n) is 3.15. The second kappa shape index (κ2) is 3.93. The highest BCUT2D eigenvalue weighted by Crippen LogP contribution is 2.08. The topological polar surface area (TPSA) is 75.4 Å². The molecule has 1 heterocycles. The van der Waals surface area contributed by atoms with Crippen molar-refractivity contribution in [2.24, 2.45) is 5.92 Å². The van der Waals surface area contributed by atoms with Crippen molar-refractivity contribution in [3.8, 4) is 5.88 Å². The summed E-state index contributed by atoms with van der Waals surface area (Å²) in [7, 11) is 0. The smallest absolute Gasteiger partial charge is 0.290 e. The van der Waals surface area contributed by atoms with Gasteiger partial charge in [-0.1, -0.05) is 13.8 Å². The average Bonchev–Trinajstić information content (AvgIpc) is 2.47. The molecule has 1 amide bonds. The van der Waals surface area contributed by atoms with E-state index < -0.39 is 0 Å². The zero-order valence-corrected chi connectivity index (χ0v) is 7.57. The van der Waals surface area contributed by atoms with Crippen molar-refractivity contribution in [2.45, 2.75) is 13.8 Å². The predicted molar refractivity (Wildman–Crippen MR) is 45.3 cm³/mol. The fourth-order valence-corrected chi connectivity index (χ4v) is 0.757. The van der Waals surface area contributed by atoms with Crippen LogP contribution in [0.1, 0.15) is 24.4 Å². The summed E-state index contributed by atoms with van der Waals surface area (Å²) in [6, 6.07) is 1.18. The Morgan fingerprint density at radius 1 is 1.77 bits per heavy atom. The van der Waals surface area contributed by atoms with Crippen LogP contribution in [0.2, 0.25) is 0 Å². The van der Waals surface area contributed by atoms with Crippen molar-refractivity contribution in [3.63, 3.8) is 0 Å². The maximum atomic E-state index is 11.2. The maximum absolute atomic E-state index is 11.2. The highest BCUT2D eigenvalue weighted by Gasteiger charge is 2.11. The van der Waals surface area contributed by atoms with Gasteiger partial charge in [-0.15, -0.1) is 0 Å². The van der Waals surface area contributed by atoms with E-state index in [0.29, 0.717) is 12.5 Å². The Morgan fingerprint density at radius 2 is 2.46 bits per heavy atom. The molecule has 0 aliphatic heterocycles. The molecule has 0 fully saturated rings. The molecule has 1 rings (SSSR count). The molecule has 0 spiro atoms. The van der Waals surface area contributed by atoms with Gasteiger partial charge in [-0.05, 0) is 11.1 Å². The number of nitrogens with zero attached hydrogens (tertiary/aromatic N) is 1. The first-order valence-corrected chi connectivity index (χ1v) is 4.03. The van der Waals surface area contributed by atoms with Gasteiger partial charge >= 0.3 is 0 Å². The van der Waals surface area contributed by atoms with E-state index in [4.69, 9.17) is 5.11 Å². The van der Waals surface area contributed by atoms with Crippen molar-refractivity contribution < 1.29 is 14.4 Å². The fraction of sp³-hybridized carbons (Fsp3) is 0.500. The first kappa shape index (κ1) is 9.57. The monoisotopic (exact) mass is 184 g/mol. The normalized spacial score (nSPS) is 10.4. The van der Waals surface area contributed by atoms with Crippen LogP contribution in [0.25, 0.3) is 0 Å². The molecule has 5 heteroatoms. The quantitative estimate of drug-likeness (QED) is 0.727. The summed E-state index contributed by atoms with van der Waals surface area (Å²) in [5.41, 5.74) is 0. The van der Waals surface area contributed by atoms with Gasteiger partial charge in [0.25, 0.3) is 11.8 Å². The number of aromatic nitrogens is 1. The standard InChI is InChI=1S/C8H12N2O3/c1-5(2)4-9-8(12)6-3-7(11)10-13-6/h3,5H,4H2,1-2H3,(H,9,12)(H,10,11). The minimum atomic E-state index is -0.360. The van der Waals surface area contributed by atoms with Gasteiger partial charge in [-0.2, -0.15) is 0 Å². The third-order valence-electron chi connectivity index (χ3n) is 1.39. The molecule has 0 aliphatic carbocycles. The first-order chi connectivity index (χ1) is 6.09. The number of hydrogen-bond donors (Lipinski definition) is 2. The average molecular weight is 184 g/mol. The van der Waals surface area contributed by atoms with Crippen LogP contribution in [0, 0.1) is 5.92 Å². The molecular weight excluding hydrogens is 172 g/mol. The molecule has 0 unspecified atom stereocenters. The van der Waals surface area contributed by atoms with Crippen LogP contribution in [-0.2, 0) is 0 Å². The van der Waals surface area contributed by atoms with Crippen molar-refractivity contribution >= 4 is 5.91 Å². The molecule has 72 valence electrons. The Balaban J connectivity index is 2.49. The Hall–Kier alpha value is -1.52. The summed E-state index contributed by atoms with van der Waals surface area (Å²) in [5.74, 6) is -0.241. The third-order valence-corrected chi connectivity index (χ3v) is 1.39. The lowest BCUT2D eigenvalue weighted by Crippen LogP contribution is -2.26. The van der Waals surface area contributed by atoms with Crippen molar-refractivity contribution in [3.05, 3.63) is 11.8 Å². The van der Waals surface area contributed by atoms with E-state index in [9.17, 15) is 4.79 Å². The molecule has 1 aromatic heterocycles. The molecule has 0 saturated carbocycles. The van der Waals surface area contributed by atoms with Gasteiger partial charge in [0.2, 0.25) is 5.76 Å². The number of carbonyl (C=O) groups excluding carboxylic acids is 1. The molecule has 0 aromatic carbocycles. The highest BCUT2D eigenvalue weighted by atomic mass is 16.5. The molecule has 0 radical (unpaired) electrons. The number of hydrogen-bond acceptors (Lipinski definition) is 4. The molecule has 0 saturated heterocycles. The van der Waals surface area contributed by atoms with Crippen LogP contribution in [0.5, 0.6) is 5.88 Å². The van der Waals surface area contributed by atoms with E-state index >= 15 is 0 Å². The van der Waals surface area contributed by atoms with Crippen molar-refractivity contribution in [2.75, 3.05) is 6.54 Å². The number of aromatic hydroxyl groups is 1. The Labute approximate surface area is 75.7 Å². The predicted octanol–water partition coefficient (Wildman–Crippen LogP) is 0.766. The number of nitrogens with one attached hydrogen (secondary N) is 1. The van der Waals surface area contributed by atoms with E-state index in [1.165, 1.54) is 6.07 Å². The number of rotatable bonds is 3. The Bertz CT molecular complexity index is 293. The highest BCUT2D eigenvalue weighted by molar-refractivity contribution is 5.91. The molecule has 13 heavy (non-hydrogen) atoms. The van der Waals surface area contributed by atoms with Gasteiger partial charge < -0.3 is 14.9 Å². The molecule has 5 nitrogen and oxygen atoms in total. The van der Waals surface area contributed by atoms with E-state index in [1.807, 2.05) is 13.8 Å². The number of amides is 1. The summed E-state index contributed by atoms with van der Waals surface area (Å²) in [4.78, 5) is 11.2. The SMILES string of the molecule is CC(C)CNC(=O)c1cc(O)no1. The Morgan fingerprint density at radius 3 is 2.92 bits per heavy atom. The minimum absolute atomic E-state index is 0.0261. The van der Waals surface area contributed by atoms with Gasteiger partial charge in [0.1, 0.15) is 0 Å².